The van der Waals surface area contributed by atoms with Crippen LogP contribution in [0.25, 0.3) is 0 Å². The molecule has 5 heteroatoms. The van der Waals surface area contributed by atoms with Crippen LogP contribution in [-0.2, 0) is 14.3 Å². The van der Waals surface area contributed by atoms with E-state index in [4.69, 9.17) is 4.74 Å². The van der Waals surface area contributed by atoms with Crippen LogP contribution in [0.15, 0.2) is 30.3 Å². The number of ether oxygens (including phenoxy) is 2. The zero-order valence-electron chi connectivity index (χ0n) is 9.23. The van der Waals surface area contributed by atoms with E-state index in [1.165, 1.54) is 0 Å². The zero-order chi connectivity index (χ0) is 12.5. The van der Waals surface area contributed by atoms with Crippen LogP contribution in [0.5, 0.6) is 5.75 Å². The van der Waals surface area contributed by atoms with E-state index in [0.717, 1.165) is 0 Å². The summed E-state index contributed by atoms with van der Waals surface area (Å²) in [5, 5.41) is 0. The topological polar surface area (TPSA) is 52.6 Å². The number of hydrogen-bond donors (Lipinski definition) is 0. The molecule has 1 aromatic rings. The quantitative estimate of drug-likeness (QED) is 0.412. The standard InChI is InChI=1S/C12H13FO4/c13-9-10(14)8-12(15)17-7-6-16-11-4-2-1-3-5-11/h1-5H,6-9H2. The van der Waals surface area contributed by atoms with E-state index in [9.17, 15) is 14.0 Å². The molecule has 17 heavy (non-hydrogen) atoms. The Balaban J connectivity index is 2.12. The van der Waals surface area contributed by atoms with Crippen LogP contribution in [0.3, 0.4) is 0 Å². The number of ketones is 1. The lowest BCUT2D eigenvalue weighted by molar-refractivity contribution is -0.146. The molecule has 0 spiro atoms. The van der Waals surface area contributed by atoms with E-state index < -0.39 is 24.8 Å². The summed E-state index contributed by atoms with van der Waals surface area (Å²) in [4.78, 5) is 21.5. The van der Waals surface area contributed by atoms with E-state index >= 15 is 0 Å². The maximum Gasteiger partial charge on any atom is 0.313 e. The molecule has 0 N–H and O–H groups in total. The van der Waals surface area contributed by atoms with Crippen molar-refractivity contribution in [1.82, 2.24) is 0 Å². The van der Waals surface area contributed by atoms with Crippen LogP contribution in [-0.4, -0.2) is 31.6 Å². The summed E-state index contributed by atoms with van der Waals surface area (Å²) >= 11 is 0. The predicted octanol–water partition coefficient (Wildman–Crippen LogP) is 1.54. The van der Waals surface area contributed by atoms with Gasteiger partial charge in [0.2, 0.25) is 0 Å². The molecule has 0 saturated carbocycles. The summed E-state index contributed by atoms with van der Waals surface area (Å²) in [6.45, 7) is -0.914. The average Bonchev–Trinajstić information content (AvgIpc) is 2.36. The molecule has 0 bridgehead atoms. The summed E-state index contributed by atoms with van der Waals surface area (Å²) in [6.07, 6.45) is -0.526. The molecule has 0 aliphatic rings. The van der Waals surface area contributed by atoms with Gasteiger partial charge in [0.1, 0.15) is 32.1 Å². The lowest BCUT2D eigenvalue weighted by Crippen LogP contribution is -2.16. The Bertz CT molecular complexity index is 364. The molecule has 4 nitrogen and oxygen atoms in total. The van der Waals surface area contributed by atoms with Crippen molar-refractivity contribution in [3.05, 3.63) is 30.3 Å². The molecule has 0 unspecified atom stereocenters. The van der Waals surface area contributed by atoms with Crippen LogP contribution in [0.2, 0.25) is 0 Å². The molecule has 1 rings (SSSR count). The first kappa shape index (κ1) is 13.2. The first-order valence-electron chi connectivity index (χ1n) is 5.13. The van der Waals surface area contributed by atoms with Crippen LogP contribution in [0, 0.1) is 0 Å². The molecular formula is C12H13FO4. The molecule has 1 aromatic carbocycles. The van der Waals surface area contributed by atoms with Gasteiger partial charge in [0.15, 0.2) is 5.78 Å². The molecule has 0 atom stereocenters. The predicted molar refractivity (Wildman–Crippen MR) is 58.5 cm³/mol. The minimum atomic E-state index is -1.14. The Morgan fingerprint density at radius 3 is 2.47 bits per heavy atom. The minimum Gasteiger partial charge on any atom is -0.490 e. The van der Waals surface area contributed by atoms with Crippen LogP contribution in [0.4, 0.5) is 4.39 Å². The molecule has 0 amide bonds. The molecular weight excluding hydrogens is 227 g/mol. The van der Waals surface area contributed by atoms with Crippen molar-refractivity contribution in [3.63, 3.8) is 0 Å². The number of carbonyl (C=O) groups excluding carboxylic acids is 2. The van der Waals surface area contributed by atoms with Crippen LogP contribution < -0.4 is 4.74 Å². The number of benzene rings is 1. The maximum absolute atomic E-state index is 11.8. The zero-order valence-corrected chi connectivity index (χ0v) is 9.23. The van der Waals surface area contributed by atoms with Crippen molar-refractivity contribution in [2.45, 2.75) is 6.42 Å². The summed E-state index contributed by atoms with van der Waals surface area (Å²) in [5.41, 5.74) is 0. The second-order valence-electron chi connectivity index (χ2n) is 3.23. The lowest BCUT2D eigenvalue weighted by atomic mass is 10.3. The van der Waals surface area contributed by atoms with Crippen molar-refractivity contribution in [2.75, 3.05) is 19.9 Å². The van der Waals surface area contributed by atoms with Gasteiger partial charge in [0.05, 0.1) is 0 Å². The third-order valence-corrected chi connectivity index (χ3v) is 1.85. The average molecular weight is 240 g/mol. The fourth-order valence-electron chi connectivity index (χ4n) is 1.09. The number of halogens is 1. The van der Waals surface area contributed by atoms with Crippen molar-refractivity contribution in [2.24, 2.45) is 0 Å². The molecule has 0 heterocycles. The van der Waals surface area contributed by atoms with Gasteiger partial charge < -0.3 is 9.47 Å². The van der Waals surface area contributed by atoms with Crippen molar-refractivity contribution in [3.8, 4) is 5.75 Å². The van der Waals surface area contributed by atoms with Crippen LogP contribution in [0.1, 0.15) is 6.42 Å². The van der Waals surface area contributed by atoms with E-state index in [2.05, 4.69) is 4.74 Å². The highest BCUT2D eigenvalue weighted by molar-refractivity contribution is 5.96. The van der Waals surface area contributed by atoms with E-state index in [1.807, 2.05) is 18.2 Å². The Morgan fingerprint density at radius 1 is 1.12 bits per heavy atom. The number of esters is 1. The second-order valence-corrected chi connectivity index (χ2v) is 3.23. The highest BCUT2D eigenvalue weighted by Gasteiger charge is 2.09. The van der Waals surface area contributed by atoms with Gasteiger partial charge in [-0.2, -0.15) is 0 Å². The third-order valence-electron chi connectivity index (χ3n) is 1.85. The Hall–Kier alpha value is -1.91. The SMILES string of the molecule is O=C(CF)CC(=O)OCCOc1ccccc1. The molecule has 0 aromatic heterocycles. The lowest BCUT2D eigenvalue weighted by Gasteiger charge is -2.06. The molecule has 0 aliphatic heterocycles. The van der Waals surface area contributed by atoms with Gasteiger partial charge >= 0.3 is 5.97 Å². The van der Waals surface area contributed by atoms with E-state index in [1.54, 1.807) is 12.1 Å². The molecule has 92 valence electrons. The second kappa shape index (κ2) is 7.38. The van der Waals surface area contributed by atoms with Crippen molar-refractivity contribution < 1.29 is 23.5 Å². The fraction of sp³-hybridized carbons (Fsp3) is 0.333. The third kappa shape index (κ3) is 5.65. The summed E-state index contributed by atoms with van der Waals surface area (Å²) in [6, 6.07) is 9.04. The molecule has 0 aliphatic carbocycles. The van der Waals surface area contributed by atoms with Gasteiger partial charge in [-0.05, 0) is 12.1 Å². The molecule has 0 fully saturated rings. The van der Waals surface area contributed by atoms with Gasteiger partial charge in [-0.25, -0.2) is 4.39 Å². The van der Waals surface area contributed by atoms with Crippen molar-refractivity contribution in [1.29, 1.82) is 0 Å². The summed E-state index contributed by atoms with van der Waals surface area (Å²) in [5.74, 6) is -0.841. The maximum atomic E-state index is 11.8. The first-order chi connectivity index (χ1) is 8.22. The monoisotopic (exact) mass is 240 g/mol. The summed E-state index contributed by atoms with van der Waals surface area (Å²) in [7, 11) is 0. The fourth-order valence-corrected chi connectivity index (χ4v) is 1.09. The van der Waals surface area contributed by atoms with Crippen molar-refractivity contribution >= 4 is 11.8 Å². The van der Waals surface area contributed by atoms with Gasteiger partial charge in [0, 0.05) is 0 Å². The van der Waals surface area contributed by atoms with Crippen LogP contribution >= 0.6 is 0 Å². The molecule has 0 saturated heterocycles. The number of carbonyl (C=O) groups is 2. The highest BCUT2D eigenvalue weighted by Crippen LogP contribution is 2.07. The smallest absolute Gasteiger partial charge is 0.313 e. The van der Waals surface area contributed by atoms with Gasteiger partial charge in [-0.15, -0.1) is 0 Å². The van der Waals surface area contributed by atoms with Gasteiger partial charge in [0.25, 0.3) is 0 Å². The minimum absolute atomic E-state index is 0.0350. The van der Waals surface area contributed by atoms with E-state index in [0.29, 0.717) is 5.75 Å². The number of alkyl halides is 1. The number of para-hydroxylation sites is 1. The number of Topliss-reactive ketones (excluding diaryl/α,β-unsaturated/α-hetero) is 1. The first-order valence-corrected chi connectivity index (χ1v) is 5.13. The Labute approximate surface area is 98.3 Å². The number of rotatable bonds is 7. The highest BCUT2D eigenvalue weighted by atomic mass is 19.1. The molecule has 0 radical (unpaired) electrons. The van der Waals surface area contributed by atoms with Gasteiger partial charge in [-0.1, -0.05) is 18.2 Å². The van der Waals surface area contributed by atoms with Gasteiger partial charge in [-0.3, -0.25) is 9.59 Å². The Kier molecular flexibility index (Phi) is 5.71. The normalized spacial score (nSPS) is 9.71. The Morgan fingerprint density at radius 2 is 1.82 bits per heavy atom. The largest absolute Gasteiger partial charge is 0.490 e. The summed E-state index contributed by atoms with van der Waals surface area (Å²) < 4.78 is 21.7. The number of hydrogen-bond acceptors (Lipinski definition) is 4. The van der Waals surface area contributed by atoms with E-state index in [-0.39, 0.29) is 13.2 Å².